The first-order valence-electron chi connectivity index (χ1n) is 11.8. The third kappa shape index (κ3) is 3.61. The van der Waals surface area contributed by atoms with Crippen molar-refractivity contribution in [3.63, 3.8) is 0 Å². The van der Waals surface area contributed by atoms with Gasteiger partial charge >= 0.3 is 0 Å². The Morgan fingerprint density at radius 2 is 1.97 bits per heavy atom. The molecule has 0 radical (unpaired) electrons. The second kappa shape index (κ2) is 7.70. The van der Waals surface area contributed by atoms with Gasteiger partial charge in [-0.1, -0.05) is 39.5 Å². The number of aryl methyl sites for hydroxylation is 1. The van der Waals surface area contributed by atoms with Crippen molar-refractivity contribution in [2.75, 3.05) is 18.5 Å². The molecular weight excluding hydrogens is 396 g/mol. The summed E-state index contributed by atoms with van der Waals surface area (Å²) in [5.41, 5.74) is 7.42. The molecule has 4 heteroatoms. The molecule has 1 saturated carbocycles. The molecule has 0 amide bonds. The molecule has 2 N–H and O–H groups in total. The number of fused-ring (bicyclic) bond motifs is 2. The molecule has 0 atom stereocenters. The van der Waals surface area contributed by atoms with Gasteiger partial charge in [0.05, 0.1) is 6.61 Å². The Morgan fingerprint density at radius 1 is 1.16 bits per heavy atom. The van der Waals surface area contributed by atoms with Crippen LogP contribution in [0.25, 0.3) is 10.9 Å². The van der Waals surface area contributed by atoms with Gasteiger partial charge in [0.2, 0.25) is 0 Å². The Morgan fingerprint density at radius 3 is 2.69 bits per heavy atom. The van der Waals surface area contributed by atoms with Crippen molar-refractivity contribution in [2.24, 2.45) is 0 Å². The number of ether oxygens (including phenoxy) is 1. The average Bonchev–Trinajstić information content (AvgIpc) is 3.29. The lowest BCUT2D eigenvalue weighted by molar-refractivity contribution is 0.279. The van der Waals surface area contributed by atoms with Crippen molar-refractivity contribution in [1.82, 2.24) is 4.57 Å². The Kier molecular flexibility index (Phi) is 5.09. The van der Waals surface area contributed by atoms with E-state index in [1.165, 1.54) is 27.7 Å². The number of nitrogens with zero attached hydrogens (tertiary/aromatic N) is 1. The molecule has 0 spiro atoms. The number of aliphatic hydroxyl groups excluding tert-OH is 1. The zero-order valence-electron chi connectivity index (χ0n) is 19.5. The molecule has 2 heterocycles. The van der Waals surface area contributed by atoms with Crippen molar-refractivity contribution in [3.8, 4) is 5.75 Å². The minimum Gasteiger partial charge on any atom is -0.493 e. The molecule has 0 saturated heterocycles. The van der Waals surface area contributed by atoms with E-state index >= 15 is 0 Å². The monoisotopic (exact) mass is 430 g/mol. The Hall–Kier alpha value is -2.72. The summed E-state index contributed by atoms with van der Waals surface area (Å²) in [6.45, 7) is 13.0. The number of allylic oxidation sites excluding steroid dienone is 1. The smallest absolute Gasteiger partial charge is 0.122 e. The fraction of sp³-hybridized carbons (Fsp3) is 0.429. The molecule has 2 aliphatic rings. The summed E-state index contributed by atoms with van der Waals surface area (Å²) in [4.78, 5) is 0. The summed E-state index contributed by atoms with van der Waals surface area (Å²) in [7, 11) is 0. The van der Waals surface area contributed by atoms with Crippen LogP contribution in [0, 0.1) is 0 Å². The molecule has 1 aliphatic heterocycles. The van der Waals surface area contributed by atoms with Crippen LogP contribution in [0.1, 0.15) is 56.9 Å². The molecule has 2 aromatic carbocycles. The SMILES string of the molecule is C=C(Nc1ccc2c(c1)cc(C(C)(C)C)n2CCCO)C1(c2ccc3c(c2)CCO3)CC1. The van der Waals surface area contributed by atoms with Crippen molar-refractivity contribution in [2.45, 2.75) is 63.8 Å². The lowest BCUT2D eigenvalue weighted by Gasteiger charge is -2.22. The average molecular weight is 431 g/mol. The highest BCUT2D eigenvalue weighted by Gasteiger charge is 2.47. The quantitative estimate of drug-likeness (QED) is 0.490. The number of hydrogen-bond donors (Lipinski definition) is 2. The first-order valence-corrected chi connectivity index (χ1v) is 11.8. The van der Waals surface area contributed by atoms with E-state index in [4.69, 9.17) is 4.74 Å². The number of aromatic nitrogens is 1. The first kappa shape index (κ1) is 21.1. The topological polar surface area (TPSA) is 46.4 Å². The van der Waals surface area contributed by atoms with E-state index in [0.717, 1.165) is 56.0 Å². The fourth-order valence-electron chi connectivity index (χ4n) is 5.11. The van der Waals surface area contributed by atoms with Crippen molar-refractivity contribution >= 4 is 16.6 Å². The van der Waals surface area contributed by atoms with Crippen LogP contribution in [0.3, 0.4) is 0 Å². The van der Waals surface area contributed by atoms with Gasteiger partial charge in [-0.3, -0.25) is 0 Å². The second-order valence-electron chi connectivity index (χ2n) is 10.4. The number of aliphatic hydroxyl groups is 1. The predicted octanol–water partition coefficient (Wildman–Crippen LogP) is 5.91. The number of hydrogen-bond acceptors (Lipinski definition) is 3. The summed E-state index contributed by atoms with van der Waals surface area (Å²) in [5.74, 6) is 1.04. The van der Waals surface area contributed by atoms with Crippen molar-refractivity contribution < 1.29 is 9.84 Å². The van der Waals surface area contributed by atoms with Crippen LogP contribution in [-0.4, -0.2) is 22.9 Å². The maximum Gasteiger partial charge on any atom is 0.122 e. The molecule has 1 aliphatic carbocycles. The van der Waals surface area contributed by atoms with Crippen LogP contribution in [0.2, 0.25) is 0 Å². The molecule has 0 bridgehead atoms. The number of anilines is 1. The fourth-order valence-corrected chi connectivity index (χ4v) is 5.11. The largest absolute Gasteiger partial charge is 0.493 e. The van der Waals surface area contributed by atoms with Gasteiger partial charge in [-0.2, -0.15) is 0 Å². The lowest BCUT2D eigenvalue weighted by Crippen LogP contribution is -2.18. The number of nitrogens with one attached hydrogen (secondary N) is 1. The van der Waals surface area contributed by atoms with E-state index in [1.807, 2.05) is 0 Å². The van der Waals surface area contributed by atoms with E-state index in [1.54, 1.807) is 0 Å². The van der Waals surface area contributed by atoms with Gasteiger partial charge in [0, 0.05) is 58.4 Å². The zero-order chi connectivity index (χ0) is 22.5. The molecular formula is C28H34N2O2. The van der Waals surface area contributed by atoms with E-state index in [9.17, 15) is 5.11 Å². The van der Waals surface area contributed by atoms with Crippen LogP contribution in [-0.2, 0) is 23.8 Å². The minimum absolute atomic E-state index is 0.0240. The highest BCUT2D eigenvalue weighted by atomic mass is 16.5. The third-order valence-electron chi connectivity index (χ3n) is 7.07. The summed E-state index contributed by atoms with van der Waals surface area (Å²) < 4.78 is 8.05. The molecule has 4 nitrogen and oxygen atoms in total. The second-order valence-corrected chi connectivity index (χ2v) is 10.4. The molecule has 0 unspecified atom stereocenters. The van der Waals surface area contributed by atoms with Crippen molar-refractivity contribution in [3.05, 3.63) is 71.6 Å². The number of rotatable bonds is 7. The molecule has 5 rings (SSSR count). The number of benzene rings is 2. The first-order chi connectivity index (χ1) is 15.3. The summed E-state index contributed by atoms with van der Waals surface area (Å²) in [6.07, 6.45) is 4.02. The van der Waals surface area contributed by atoms with E-state index < -0.39 is 0 Å². The standard InChI is InChI=1S/C28H34N2O2/c1-19(28(11-12-28)22-6-9-25-20(16-22)10-15-32-25)29-23-7-8-24-21(17-23)18-26(27(2,3)4)30(24)13-5-14-31/h6-9,16-18,29,31H,1,5,10-15H2,2-4H3. The van der Waals surface area contributed by atoms with Gasteiger partial charge in [-0.05, 0) is 60.7 Å². The summed E-state index contributed by atoms with van der Waals surface area (Å²) in [5, 5.41) is 14.2. The molecule has 1 aromatic heterocycles. The Labute approximate surface area is 190 Å². The van der Waals surface area contributed by atoms with Crippen LogP contribution in [0.4, 0.5) is 5.69 Å². The highest BCUT2D eigenvalue weighted by Crippen LogP contribution is 2.54. The zero-order valence-corrected chi connectivity index (χ0v) is 19.5. The normalized spacial score (nSPS) is 16.6. The van der Waals surface area contributed by atoms with Gasteiger partial charge < -0.3 is 19.7 Å². The van der Waals surface area contributed by atoms with Gasteiger partial charge in [0.15, 0.2) is 0 Å². The van der Waals surface area contributed by atoms with Gasteiger partial charge in [-0.25, -0.2) is 0 Å². The van der Waals surface area contributed by atoms with Crippen LogP contribution >= 0.6 is 0 Å². The maximum atomic E-state index is 9.36. The van der Waals surface area contributed by atoms with Crippen molar-refractivity contribution in [1.29, 1.82) is 0 Å². The third-order valence-corrected chi connectivity index (χ3v) is 7.07. The predicted molar refractivity (Wildman–Crippen MR) is 132 cm³/mol. The Balaban J connectivity index is 1.42. The van der Waals surface area contributed by atoms with E-state index in [-0.39, 0.29) is 17.4 Å². The molecule has 32 heavy (non-hydrogen) atoms. The minimum atomic E-state index is 0.0240. The summed E-state index contributed by atoms with van der Waals surface area (Å²) in [6, 6.07) is 15.5. The lowest BCUT2D eigenvalue weighted by atomic mass is 9.91. The van der Waals surface area contributed by atoms with E-state index in [0.29, 0.717) is 0 Å². The van der Waals surface area contributed by atoms with E-state index in [2.05, 4.69) is 79.7 Å². The van der Waals surface area contributed by atoms with Crippen LogP contribution < -0.4 is 10.1 Å². The van der Waals surface area contributed by atoms with Gasteiger partial charge in [0.1, 0.15) is 5.75 Å². The maximum absolute atomic E-state index is 9.36. The van der Waals surface area contributed by atoms with Gasteiger partial charge in [0.25, 0.3) is 0 Å². The van der Waals surface area contributed by atoms with Crippen LogP contribution in [0.5, 0.6) is 5.75 Å². The molecule has 168 valence electrons. The highest BCUT2D eigenvalue weighted by molar-refractivity contribution is 5.85. The molecule has 1 fully saturated rings. The van der Waals surface area contributed by atoms with Crippen LogP contribution in [0.15, 0.2) is 54.7 Å². The van der Waals surface area contributed by atoms with Gasteiger partial charge in [-0.15, -0.1) is 0 Å². The Bertz CT molecular complexity index is 1180. The molecule has 3 aromatic rings. The summed E-state index contributed by atoms with van der Waals surface area (Å²) >= 11 is 0.